The summed E-state index contributed by atoms with van der Waals surface area (Å²) in [5, 5.41) is 2.60. The van der Waals surface area contributed by atoms with Crippen LogP contribution in [-0.4, -0.2) is 44.9 Å². The van der Waals surface area contributed by atoms with Gasteiger partial charge in [0.05, 0.1) is 6.61 Å². The van der Waals surface area contributed by atoms with E-state index < -0.39 is 22.5 Å². The van der Waals surface area contributed by atoms with Crippen LogP contribution < -0.4 is 14.8 Å². The van der Waals surface area contributed by atoms with Gasteiger partial charge in [0.15, 0.2) is 0 Å². The third-order valence-electron chi connectivity index (χ3n) is 4.99. The van der Waals surface area contributed by atoms with E-state index in [1.165, 1.54) is 34.6 Å². The molecule has 0 bridgehead atoms. The van der Waals surface area contributed by atoms with Crippen molar-refractivity contribution in [1.82, 2.24) is 4.31 Å². The van der Waals surface area contributed by atoms with Gasteiger partial charge >= 0.3 is 6.61 Å². The number of rotatable bonds is 9. The summed E-state index contributed by atoms with van der Waals surface area (Å²) in [5.41, 5.74) is 0.564. The maximum atomic E-state index is 13.2. The van der Waals surface area contributed by atoms with Gasteiger partial charge < -0.3 is 14.8 Å². The number of amides is 1. The number of ether oxygens (including phenoxy) is 2. The van der Waals surface area contributed by atoms with Crippen LogP contribution in [0.15, 0.2) is 53.4 Å². The molecule has 2 aromatic carbocycles. The Labute approximate surface area is 192 Å². The maximum Gasteiger partial charge on any atom is 0.387 e. The van der Waals surface area contributed by atoms with Crippen LogP contribution >= 0.6 is 0 Å². The van der Waals surface area contributed by atoms with E-state index in [4.69, 9.17) is 4.74 Å². The second-order valence-corrected chi connectivity index (χ2v) is 9.20. The van der Waals surface area contributed by atoms with Gasteiger partial charge in [-0.1, -0.05) is 24.6 Å². The Morgan fingerprint density at radius 2 is 1.85 bits per heavy atom. The summed E-state index contributed by atoms with van der Waals surface area (Å²) in [7, 11) is -3.79. The van der Waals surface area contributed by atoms with Crippen LogP contribution in [-0.2, 0) is 14.8 Å². The number of anilines is 1. The average Bonchev–Trinajstić information content (AvgIpc) is 2.80. The summed E-state index contributed by atoms with van der Waals surface area (Å²) in [6, 6.07) is 10.5. The molecule has 0 saturated carbocycles. The second kappa shape index (κ2) is 11.2. The Morgan fingerprint density at radius 3 is 2.55 bits per heavy atom. The van der Waals surface area contributed by atoms with Crippen molar-refractivity contribution in [3.8, 4) is 11.5 Å². The summed E-state index contributed by atoms with van der Waals surface area (Å²) in [5.74, 6) is -0.408. The molecule has 1 saturated heterocycles. The molecule has 1 amide bonds. The number of alkyl halides is 2. The highest BCUT2D eigenvalue weighted by atomic mass is 32.2. The number of halogens is 2. The van der Waals surface area contributed by atoms with Gasteiger partial charge in [-0.05, 0) is 50.1 Å². The Hall–Kier alpha value is -2.98. The van der Waals surface area contributed by atoms with Crippen molar-refractivity contribution in [2.45, 2.75) is 37.7 Å². The molecule has 0 aliphatic carbocycles. The van der Waals surface area contributed by atoms with Crippen LogP contribution in [0.1, 0.15) is 31.7 Å². The van der Waals surface area contributed by atoms with Gasteiger partial charge in [0.2, 0.25) is 15.9 Å². The number of carbonyl (C=O) groups is 1. The summed E-state index contributed by atoms with van der Waals surface area (Å²) in [4.78, 5) is 12.4. The van der Waals surface area contributed by atoms with Crippen LogP contribution in [0.25, 0.3) is 6.08 Å². The monoisotopic (exact) mass is 480 g/mol. The Bertz CT molecular complexity index is 1100. The van der Waals surface area contributed by atoms with Crippen LogP contribution in [0.2, 0.25) is 0 Å². The number of para-hydroxylation sites is 1. The maximum absolute atomic E-state index is 13.2. The van der Waals surface area contributed by atoms with Crippen LogP contribution in [0.4, 0.5) is 14.5 Å². The molecule has 10 heteroatoms. The molecule has 1 fully saturated rings. The van der Waals surface area contributed by atoms with E-state index in [1.807, 2.05) is 0 Å². The summed E-state index contributed by atoms with van der Waals surface area (Å²) < 4.78 is 62.9. The Kier molecular flexibility index (Phi) is 8.40. The molecule has 1 N–H and O–H groups in total. The molecular weight excluding hydrogens is 454 g/mol. The highest BCUT2D eigenvalue weighted by molar-refractivity contribution is 7.89. The summed E-state index contributed by atoms with van der Waals surface area (Å²) in [6.07, 6.45) is 5.07. The summed E-state index contributed by atoms with van der Waals surface area (Å²) >= 11 is 0. The lowest BCUT2D eigenvalue weighted by Crippen LogP contribution is -2.35. The normalized spacial score (nSPS) is 15.0. The zero-order valence-corrected chi connectivity index (χ0v) is 19.0. The minimum atomic E-state index is -3.79. The standard InChI is InChI=1S/C23H26F2N2O5S/c1-2-31-20-12-11-18(16-21(20)33(29,30)27-14-6-3-7-15-27)26-22(28)13-10-17-8-4-5-9-19(17)32-23(24)25/h4-5,8-13,16,23H,2-3,6-7,14-15H2,1H3,(H,26,28)/b13-10+. The number of nitrogens with zero attached hydrogens (tertiary/aromatic N) is 1. The average molecular weight is 481 g/mol. The van der Waals surface area contributed by atoms with Crippen molar-refractivity contribution < 1.29 is 31.5 Å². The van der Waals surface area contributed by atoms with Crippen molar-refractivity contribution in [2.24, 2.45) is 0 Å². The van der Waals surface area contributed by atoms with Crippen molar-refractivity contribution in [3.05, 3.63) is 54.1 Å². The van der Waals surface area contributed by atoms with E-state index in [2.05, 4.69) is 10.1 Å². The third-order valence-corrected chi connectivity index (χ3v) is 6.91. The number of benzene rings is 2. The fourth-order valence-corrected chi connectivity index (χ4v) is 5.15. The quantitative estimate of drug-likeness (QED) is 0.534. The molecule has 0 aromatic heterocycles. The topological polar surface area (TPSA) is 84.9 Å². The number of hydrogen-bond acceptors (Lipinski definition) is 5. The molecule has 0 atom stereocenters. The lowest BCUT2D eigenvalue weighted by Gasteiger charge is -2.26. The molecule has 3 rings (SSSR count). The van der Waals surface area contributed by atoms with Crippen molar-refractivity contribution in [2.75, 3.05) is 25.0 Å². The van der Waals surface area contributed by atoms with Crippen LogP contribution in [0.5, 0.6) is 11.5 Å². The number of piperidine rings is 1. The van der Waals surface area contributed by atoms with Crippen molar-refractivity contribution in [1.29, 1.82) is 0 Å². The van der Waals surface area contributed by atoms with E-state index in [0.29, 0.717) is 18.7 Å². The Morgan fingerprint density at radius 1 is 1.12 bits per heavy atom. The molecule has 178 valence electrons. The predicted octanol–water partition coefficient (Wildman–Crippen LogP) is 4.51. The highest BCUT2D eigenvalue weighted by Crippen LogP contribution is 2.31. The van der Waals surface area contributed by atoms with E-state index in [-0.39, 0.29) is 28.7 Å². The second-order valence-electron chi connectivity index (χ2n) is 7.30. The highest BCUT2D eigenvalue weighted by Gasteiger charge is 2.29. The first-order valence-electron chi connectivity index (χ1n) is 10.6. The molecule has 2 aromatic rings. The van der Waals surface area contributed by atoms with Crippen molar-refractivity contribution in [3.63, 3.8) is 0 Å². The van der Waals surface area contributed by atoms with E-state index >= 15 is 0 Å². The number of nitrogens with one attached hydrogen (secondary N) is 1. The van der Waals surface area contributed by atoms with E-state index in [0.717, 1.165) is 25.3 Å². The lowest BCUT2D eigenvalue weighted by molar-refractivity contribution is -0.111. The summed E-state index contributed by atoms with van der Waals surface area (Å²) in [6.45, 7) is -0.0667. The van der Waals surface area contributed by atoms with Gasteiger partial charge in [0, 0.05) is 30.4 Å². The number of carbonyl (C=O) groups excluding carboxylic acids is 1. The van der Waals surface area contributed by atoms with Gasteiger partial charge in [-0.2, -0.15) is 13.1 Å². The predicted molar refractivity (Wildman–Crippen MR) is 121 cm³/mol. The minimum absolute atomic E-state index is 0.0105. The molecule has 1 heterocycles. The smallest absolute Gasteiger partial charge is 0.387 e. The molecule has 0 unspecified atom stereocenters. The number of sulfonamides is 1. The van der Waals surface area contributed by atoms with Gasteiger partial charge in [0.25, 0.3) is 0 Å². The number of hydrogen-bond donors (Lipinski definition) is 1. The first-order valence-corrected chi connectivity index (χ1v) is 12.0. The van der Waals surface area contributed by atoms with E-state index in [1.54, 1.807) is 25.1 Å². The van der Waals surface area contributed by atoms with Crippen LogP contribution in [0.3, 0.4) is 0 Å². The SMILES string of the molecule is CCOc1ccc(NC(=O)/C=C/c2ccccc2OC(F)F)cc1S(=O)(=O)N1CCCCC1. The fourth-order valence-electron chi connectivity index (χ4n) is 3.48. The zero-order chi connectivity index (χ0) is 23.8. The molecular formula is C23H26F2N2O5S. The lowest BCUT2D eigenvalue weighted by atomic mass is 10.2. The van der Waals surface area contributed by atoms with Crippen LogP contribution in [0, 0.1) is 0 Å². The van der Waals surface area contributed by atoms with Gasteiger partial charge in [0.1, 0.15) is 16.4 Å². The third kappa shape index (κ3) is 6.52. The van der Waals surface area contributed by atoms with Crippen molar-refractivity contribution >= 4 is 27.7 Å². The molecule has 7 nitrogen and oxygen atoms in total. The molecule has 0 spiro atoms. The van der Waals surface area contributed by atoms with E-state index in [9.17, 15) is 22.0 Å². The molecule has 1 aliphatic heterocycles. The first-order chi connectivity index (χ1) is 15.8. The minimum Gasteiger partial charge on any atom is -0.492 e. The molecule has 33 heavy (non-hydrogen) atoms. The van der Waals surface area contributed by atoms with Gasteiger partial charge in [-0.25, -0.2) is 8.42 Å². The fraction of sp³-hybridized carbons (Fsp3) is 0.348. The van der Waals surface area contributed by atoms with Gasteiger partial charge in [-0.3, -0.25) is 4.79 Å². The largest absolute Gasteiger partial charge is 0.492 e. The molecule has 0 radical (unpaired) electrons. The molecule has 1 aliphatic rings. The zero-order valence-electron chi connectivity index (χ0n) is 18.2. The Balaban J connectivity index is 1.81. The first kappa shape index (κ1) is 24.7. The van der Waals surface area contributed by atoms with Gasteiger partial charge in [-0.15, -0.1) is 0 Å².